The maximum atomic E-state index is 6.20. The van der Waals surface area contributed by atoms with E-state index in [-0.39, 0.29) is 0 Å². The minimum Gasteiger partial charge on any atom is -0.456 e. The third-order valence-corrected chi connectivity index (χ3v) is 6.96. The van der Waals surface area contributed by atoms with Crippen LogP contribution in [0.15, 0.2) is 124 Å². The summed E-state index contributed by atoms with van der Waals surface area (Å²) in [5.41, 5.74) is 4.99. The summed E-state index contributed by atoms with van der Waals surface area (Å²) < 4.78 is 12.3. The second kappa shape index (κ2) is 7.67. The van der Waals surface area contributed by atoms with Gasteiger partial charge in [0.1, 0.15) is 22.6 Å². The first-order valence-corrected chi connectivity index (χ1v) is 12.2. The fraction of sp³-hybridized carbons (Fsp3) is 0. The number of furan rings is 2. The van der Waals surface area contributed by atoms with E-state index in [2.05, 4.69) is 76.6 Å². The van der Waals surface area contributed by atoms with Crippen LogP contribution >= 0.6 is 0 Å². The number of anilines is 3. The van der Waals surface area contributed by atoms with Gasteiger partial charge < -0.3 is 8.83 Å². The van der Waals surface area contributed by atoms with Crippen LogP contribution in [0.25, 0.3) is 54.8 Å². The van der Waals surface area contributed by atoms with Gasteiger partial charge in [-0.3, -0.25) is 4.90 Å². The van der Waals surface area contributed by atoms with Crippen LogP contribution in [0.1, 0.15) is 0 Å². The van der Waals surface area contributed by atoms with Crippen LogP contribution < -0.4 is 4.90 Å². The zero-order chi connectivity index (χ0) is 24.3. The van der Waals surface area contributed by atoms with Gasteiger partial charge in [0, 0.05) is 51.8 Å². The van der Waals surface area contributed by atoms with Crippen LogP contribution in [0.4, 0.5) is 17.2 Å². The normalized spacial score (nSPS) is 11.8. The average Bonchev–Trinajstić information content (AvgIpc) is 3.50. The fourth-order valence-electron chi connectivity index (χ4n) is 5.20. The van der Waals surface area contributed by atoms with Crippen molar-refractivity contribution in [2.45, 2.75) is 0 Å². The van der Waals surface area contributed by atoms with Gasteiger partial charge in [-0.05, 0) is 53.2 Å². The standard InChI is InChI=1S/C32H19N3O2/c1-2-7-21-16-22(12-11-20(21)6-1)35(23-13-14-25-26-9-5-15-33-32(26)37-29(25)17-23)31-18-30-27(19-34-31)24-8-3-4-10-28(24)36-30/h1-19H. The molecule has 0 aliphatic heterocycles. The number of para-hydroxylation sites is 1. The van der Waals surface area contributed by atoms with E-state index in [1.54, 1.807) is 6.20 Å². The first-order chi connectivity index (χ1) is 18.3. The highest BCUT2D eigenvalue weighted by Crippen LogP contribution is 2.40. The summed E-state index contributed by atoms with van der Waals surface area (Å²) in [6.45, 7) is 0. The lowest BCUT2D eigenvalue weighted by molar-refractivity contribution is 0.654. The Kier molecular flexibility index (Phi) is 4.16. The van der Waals surface area contributed by atoms with Crippen LogP contribution in [0.3, 0.4) is 0 Å². The number of hydrogen-bond donors (Lipinski definition) is 0. The van der Waals surface area contributed by atoms with Crippen LogP contribution in [0.2, 0.25) is 0 Å². The van der Waals surface area contributed by atoms with Gasteiger partial charge >= 0.3 is 0 Å². The van der Waals surface area contributed by atoms with Crippen molar-refractivity contribution in [2.75, 3.05) is 4.90 Å². The lowest BCUT2D eigenvalue weighted by Crippen LogP contribution is -2.11. The minimum absolute atomic E-state index is 0.633. The molecular formula is C32H19N3O2. The largest absolute Gasteiger partial charge is 0.456 e. The predicted octanol–water partition coefficient (Wildman–Crippen LogP) is 8.90. The summed E-state index contributed by atoms with van der Waals surface area (Å²) in [4.78, 5) is 11.4. The number of aromatic nitrogens is 2. The maximum Gasteiger partial charge on any atom is 0.227 e. The summed E-state index contributed by atoms with van der Waals surface area (Å²) in [5.74, 6) is 0.760. The quantitative estimate of drug-likeness (QED) is 0.254. The Bertz CT molecular complexity index is 2010. The molecule has 8 rings (SSSR count). The lowest BCUT2D eigenvalue weighted by atomic mass is 10.1. The molecule has 4 aromatic heterocycles. The third kappa shape index (κ3) is 3.11. The molecule has 0 bridgehead atoms. The molecule has 0 aliphatic carbocycles. The van der Waals surface area contributed by atoms with Crippen molar-refractivity contribution in [2.24, 2.45) is 0 Å². The van der Waals surface area contributed by atoms with E-state index in [4.69, 9.17) is 13.8 Å². The summed E-state index contributed by atoms with van der Waals surface area (Å²) in [6.07, 6.45) is 3.65. The molecule has 0 unspecified atom stereocenters. The van der Waals surface area contributed by atoms with Gasteiger partial charge in [-0.2, -0.15) is 0 Å². The molecule has 8 aromatic rings. The summed E-state index contributed by atoms with van der Waals surface area (Å²) >= 11 is 0. The van der Waals surface area contributed by atoms with Crippen LogP contribution in [0, 0.1) is 0 Å². The number of nitrogens with zero attached hydrogens (tertiary/aromatic N) is 3. The number of fused-ring (bicyclic) bond motifs is 7. The molecule has 0 N–H and O–H groups in total. The molecule has 0 spiro atoms. The Hall–Kier alpha value is -5.16. The lowest BCUT2D eigenvalue weighted by Gasteiger charge is -2.24. The SMILES string of the molecule is c1ccc2cc(N(c3ccc4c(c3)oc3ncccc34)c3cc4oc5ccccc5c4cn3)ccc2c1. The van der Waals surface area contributed by atoms with Gasteiger partial charge in [-0.25, -0.2) is 9.97 Å². The second-order valence-electron chi connectivity index (χ2n) is 9.14. The van der Waals surface area contributed by atoms with Gasteiger partial charge in [0.2, 0.25) is 5.71 Å². The first kappa shape index (κ1) is 20.1. The van der Waals surface area contributed by atoms with E-state index in [9.17, 15) is 0 Å². The van der Waals surface area contributed by atoms with Crippen molar-refractivity contribution in [3.05, 3.63) is 116 Å². The van der Waals surface area contributed by atoms with E-state index in [0.717, 1.165) is 60.9 Å². The average molecular weight is 478 g/mol. The van der Waals surface area contributed by atoms with Gasteiger partial charge in [-0.15, -0.1) is 0 Å². The molecule has 174 valence electrons. The Morgan fingerprint density at radius 3 is 2.24 bits per heavy atom. The van der Waals surface area contributed by atoms with E-state index in [0.29, 0.717) is 5.71 Å². The maximum absolute atomic E-state index is 6.20. The summed E-state index contributed by atoms with van der Waals surface area (Å²) in [7, 11) is 0. The zero-order valence-electron chi connectivity index (χ0n) is 19.6. The van der Waals surface area contributed by atoms with Crippen LogP contribution in [0.5, 0.6) is 0 Å². The van der Waals surface area contributed by atoms with Crippen molar-refractivity contribution in [3.8, 4) is 0 Å². The minimum atomic E-state index is 0.633. The molecule has 0 saturated heterocycles. The summed E-state index contributed by atoms with van der Waals surface area (Å²) in [6, 6.07) is 35.1. The van der Waals surface area contributed by atoms with Crippen molar-refractivity contribution >= 4 is 72.0 Å². The number of rotatable bonds is 3. The smallest absolute Gasteiger partial charge is 0.227 e. The molecule has 4 aromatic carbocycles. The molecule has 37 heavy (non-hydrogen) atoms. The van der Waals surface area contributed by atoms with Gasteiger partial charge in [0.05, 0.1) is 5.69 Å². The van der Waals surface area contributed by atoms with Crippen LogP contribution in [-0.2, 0) is 0 Å². The Morgan fingerprint density at radius 1 is 0.514 bits per heavy atom. The Morgan fingerprint density at radius 2 is 1.27 bits per heavy atom. The Balaban J connectivity index is 1.37. The molecule has 0 saturated carbocycles. The highest BCUT2D eigenvalue weighted by atomic mass is 16.3. The van der Waals surface area contributed by atoms with Crippen molar-refractivity contribution in [1.82, 2.24) is 9.97 Å². The topological polar surface area (TPSA) is 55.3 Å². The summed E-state index contributed by atoms with van der Waals surface area (Å²) in [5, 5.41) is 6.44. The molecule has 5 heteroatoms. The molecule has 0 amide bonds. The van der Waals surface area contributed by atoms with E-state index < -0.39 is 0 Å². The number of hydrogen-bond acceptors (Lipinski definition) is 5. The zero-order valence-corrected chi connectivity index (χ0v) is 19.6. The predicted molar refractivity (Wildman–Crippen MR) is 149 cm³/mol. The van der Waals surface area contributed by atoms with E-state index in [1.165, 1.54) is 5.39 Å². The van der Waals surface area contributed by atoms with Crippen LogP contribution in [-0.4, -0.2) is 9.97 Å². The Labute approximate surface area is 211 Å². The molecule has 0 radical (unpaired) electrons. The van der Waals surface area contributed by atoms with Crippen molar-refractivity contribution in [3.63, 3.8) is 0 Å². The van der Waals surface area contributed by atoms with Crippen molar-refractivity contribution in [1.29, 1.82) is 0 Å². The molecule has 0 aliphatic rings. The van der Waals surface area contributed by atoms with Gasteiger partial charge in [-0.1, -0.05) is 48.5 Å². The van der Waals surface area contributed by atoms with Gasteiger partial charge in [0.15, 0.2) is 0 Å². The third-order valence-electron chi connectivity index (χ3n) is 6.96. The number of pyridine rings is 2. The highest BCUT2D eigenvalue weighted by molar-refractivity contribution is 6.06. The van der Waals surface area contributed by atoms with Crippen molar-refractivity contribution < 1.29 is 8.83 Å². The number of benzene rings is 4. The molecule has 5 nitrogen and oxygen atoms in total. The molecule has 4 heterocycles. The molecule has 0 fully saturated rings. The van der Waals surface area contributed by atoms with E-state index >= 15 is 0 Å². The molecular weight excluding hydrogens is 458 g/mol. The monoisotopic (exact) mass is 477 g/mol. The second-order valence-corrected chi connectivity index (χ2v) is 9.14. The fourth-order valence-corrected chi connectivity index (χ4v) is 5.20. The molecule has 0 atom stereocenters. The first-order valence-electron chi connectivity index (χ1n) is 12.2. The highest BCUT2D eigenvalue weighted by Gasteiger charge is 2.19. The van der Waals surface area contributed by atoms with Gasteiger partial charge in [0.25, 0.3) is 0 Å². The van der Waals surface area contributed by atoms with E-state index in [1.807, 2.05) is 42.6 Å².